The molecule has 2 atom stereocenters. The van der Waals surface area contributed by atoms with Crippen molar-refractivity contribution in [3.8, 4) is 0 Å². The maximum Gasteiger partial charge on any atom is 0.0594 e. The van der Waals surface area contributed by atoms with Crippen molar-refractivity contribution in [2.24, 2.45) is 5.92 Å². The Labute approximate surface area is 78.5 Å². The van der Waals surface area contributed by atoms with Gasteiger partial charge in [0.2, 0.25) is 0 Å². The zero-order valence-corrected chi connectivity index (χ0v) is 9.68. The smallest absolute Gasteiger partial charge is 0.0594 e. The van der Waals surface area contributed by atoms with Crippen LogP contribution in [0.5, 0.6) is 0 Å². The van der Waals surface area contributed by atoms with Gasteiger partial charge in [0.25, 0.3) is 0 Å². The Hall–Kier alpha value is -0.0400. The molecule has 12 heavy (non-hydrogen) atoms. The number of rotatable bonds is 5. The first-order valence-corrected chi connectivity index (χ1v) is 5.29. The van der Waals surface area contributed by atoms with E-state index in [2.05, 4.69) is 20.8 Å². The summed E-state index contributed by atoms with van der Waals surface area (Å²) >= 11 is 0. The van der Waals surface area contributed by atoms with Crippen molar-refractivity contribution in [3.63, 3.8) is 0 Å². The van der Waals surface area contributed by atoms with Crippen molar-refractivity contribution in [2.75, 3.05) is 7.11 Å². The molecule has 0 aromatic heterocycles. The molecule has 0 aromatic carbocycles. The van der Waals surface area contributed by atoms with Gasteiger partial charge in [0.15, 0.2) is 0 Å². The zero-order chi connectivity index (χ0) is 9.98. The van der Waals surface area contributed by atoms with Gasteiger partial charge in [-0.2, -0.15) is 0 Å². The van der Waals surface area contributed by atoms with E-state index in [1.165, 1.54) is 12.8 Å². The molecule has 0 heterocycles. The third-order valence-electron chi connectivity index (χ3n) is 2.08. The predicted octanol–water partition coefficient (Wildman–Crippen LogP) is 3.87. The van der Waals surface area contributed by atoms with Gasteiger partial charge in [-0.25, -0.2) is 0 Å². The van der Waals surface area contributed by atoms with E-state index < -0.39 is 0 Å². The molecule has 1 heteroatoms. The van der Waals surface area contributed by atoms with Gasteiger partial charge >= 0.3 is 0 Å². The van der Waals surface area contributed by atoms with Crippen molar-refractivity contribution in [2.45, 2.75) is 60.0 Å². The molecule has 2 unspecified atom stereocenters. The Balaban J connectivity index is 0. The lowest BCUT2D eigenvalue weighted by Crippen LogP contribution is -2.18. The number of ether oxygens (including phenoxy) is 1. The second-order valence-electron chi connectivity index (χ2n) is 2.95. The molecule has 0 spiro atoms. The van der Waals surface area contributed by atoms with Crippen LogP contribution in [0.15, 0.2) is 0 Å². The van der Waals surface area contributed by atoms with Gasteiger partial charge in [0.1, 0.15) is 0 Å². The normalized spacial score (nSPS) is 14.5. The Morgan fingerprint density at radius 3 is 1.92 bits per heavy atom. The van der Waals surface area contributed by atoms with Gasteiger partial charge in [-0.1, -0.05) is 41.0 Å². The van der Waals surface area contributed by atoms with Crippen LogP contribution < -0.4 is 0 Å². The second-order valence-corrected chi connectivity index (χ2v) is 2.95. The first-order chi connectivity index (χ1) is 5.76. The van der Waals surface area contributed by atoms with Gasteiger partial charge in [0, 0.05) is 7.11 Å². The molecule has 76 valence electrons. The van der Waals surface area contributed by atoms with Gasteiger partial charge < -0.3 is 4.74 Å². The van der Waals surface area contributed by atoms with Crippen LogP contribution in [-0.4, -0.2) is 13.2 Å². The van der Waals surface area contributed by atoms with Gasteiger partial charge in [0.05, 0.1) is 6.10 Å². The average molecular weight is 174 g/mol. The quantitative estimate of drug-likeness (QED) is 0.614. The van der Waals surface area contributed by atoms with Gasteiger partial charge in [-0.05, 0) is 18.8 Å². The summed E-state index contributed by atoms with van der Waals surface area (Å²) in [6.07, 6.45) is 4.16. The highest BCUT2D eigenvalue weighted by Gasteiger charge is 2.12. The van der Waals surface area contributed by atoms with Crippen molar-refractivity contribution in [1.82, 2.24) is 0 Å². The molecule has 0 bridgehead atoms. The maximum atomic E-state index is 5.31. The lowest BCUT2D eigenvalue weighted by Gasteiger charge is -2.20. The van der Waals surface area contributed by atoms with Crippen molar-refractivity contribution < 1.29 is 4.74 Å². The van der Waals surface area contributed by atoms with E-state index in [0.717, 1.165) is 12.3 Å². The van der Waals surface area contributed by atoms with Crippen molar-refractivity contribution in [3.05, 3.63) is 0 Å². The lowest BCUT2D eigenvalue weighted by molar-refractivity contribution is 0.0522. The summed E-state index contributed by atoms with van der Waals surface area (Å²) in [5, 5.41) is 0. The Kier molecular flexibility index (Phi) is 13.2. The Morgan fingerprint density at radius 2 is 1.67 bits per heavy atom. The van der Waals surface area contributed by atoms with E-state index in [1.807, 2.05) is 13.8 Å². The molecule has 0 aliphatic rings. The summed E-state index contributed by atoms with van der Waals surface area (Å²) in [5.74, 6) is 0.722. The highest BCUT2D eigenvalue weighted by Crippen LogP contribution is 2.15. The molecule has 0 N–H and O–H groups in total. The molecule has 0 saturated heterocycles. The van der Waals surface area contributed by atoms with E-state index in [9.17, 15) is 0 Å². The number of methoxy groups -OCH3 is 1. The molecule has 0 rings (SSSR count). The standard InChI is InChI=1S/C9H20O.C2H6/c1-5-7-8(3)9(6-2)10-4;1-2/h8-9H,5-7H2,1-4H3;1-2H3. The lowest BCUT2D eigenvalue weighted by atomic mass is 9.98. The fourth-order valence-corrected chi connectivity index (χ4v) is 1.44. The first-order valence-electron chi connectivity index (χ1n) is 5.29. The third-order valence-corrected chi connectivity index (χ3v) is 2.08. The van der Waals surface area contributed by atoms with E-state index in [1.54, 1.807) is 7.11 Å². The Bertz CT molecular complexity index is 67.4. The van der Waals surface area contributed by atoms with Crippen LogP contribution in [0.4, 0.5) is 0 Å². The van der Waals surface area contributed by atoms with Crippen molar-refractivity contribution in [1.29, 1.82) is 0 Å². The molecule has 1 nitrogen and oxygen atoms in total. The van der Waals surface area contributed by atoms with E-state index in [4.69, 9.17) is 4.74 Å². The zero-order valence-electron chi connectivity index (χ0n) is 9.68. The maximum absolute atomic E-state index is 5.31. The van der Waals surface area contributed by atoms with Gasteiger partial charge in [-0.15, -0.1) is 0 Å². The third kappa shape index (κ3) is 6.66. The largest absolute Gasteiger partial charge is 0.381 e. The minimum atomic E-state index is 0.472. The molecule has 0 radical (unpaired) electrons. The second kappa shape index (κ2) is 11.0. The number of hydrogen-bond donors (Lipinski definition) is 0. The SMILES string of the molecule is CC.CCCC(C)C(CC)OC. The Morgan fingerprint density at radius 1 is 1.17 bits per heavy atom. The molecule has 0 aromatic rings. The van der Waals surface area contributed by atoms with Crippen molar-refractivity contribution >= 4 is 0 Å². The van der Waals surface area contributed by atoms with Gasteiger partial charge in [-0.3, -0.25) is 0 Å². The molecular weight excluding hydrogens is 148 g/mol. The van der Waals surface area contributed by atoms with Crippen LogP contribution in [0.25, 0.3) is 0 Å². The molecule has 0 amide bonds. The highest BCUT2D eigenvalue weighted by molar-refractivity contribution is 4.63. The highest BCUT2D eigenvalue weighted by atomic mass is 16.5. The molecular formula is C11H26O. The summed E-state index contributed by atoms with van der Waals surface area (Å²) in [4.78, 5) is 0. The summed E-state index contributed by atoms with van der Waals surface area (Å²) < 4.78 is 5.31. The minimum absolute atomic E-state index is 0.472. The van der Waals surface area contributed by atoms with Crippen LogP contribution in [0, 0.1) is 5.92 Å². The summed E-state index contributed by atoms with van der Waals surface area (Å²) in [7, 11) is 1.81. The molecule has 0 aliphatic carbocycles. The monoisotopic (exact) mass is 174 g/mol. The molecule has 0 saturated carbocycles. The van der Waals surface area contributed by atoms with E-state index in [-0.39, 0.29) is 0 Å². The molecule has 0 aliphatic heterocycles. The fraction of sp³-hybridized carbons (Fsp3) is 1.00. The minimum Gasteiger partial charge on any atom is -0.381 e. The van der Waals surface area contributed by atoms with E-state index in [0.29, 0.717) is 6.10 Å². The molecule has 0 fully saturated rings. The summed E-state index contributed by atoms with van der Waals surface area (Å²) in [5.41, 5.74) is 0. The summed E-state index contributed by atoms with van der Waals surface area (Å²) in [6.45, 7) is 10.7. The van der Waals surface area contributed by atoms with Crippen LogP contribution in [0.3, 0.4) is 0 Å². The van der Waals surface area contributed by atoms with Crippen LogP contribution in [-0.2, 0) is 4.74 Å². The predicted molar refractivity (Wildman–Crippen MR) is 56.5 cm³/mol. The average Bonchev–Trinajstić information content (AvgIpc) is 2.11. The summed E-state index contributed by atoms with van der Waals surface area (Å²) in [6, 6.07) is 0. The fourth-order valence-electron chi connectivity index (χ4n) is 1.44. The van der Waals surface area contributed by atoms with Crippen LogP contribution in [0.1, 0.15) is 53.9 Å². The number of hydrogen-bond acceptors (Lipinski definition) is 1. The van der Waals surface area contributed by atoms with Crippen LogP contribution in [0.2, 0.25) is 0 Å². The first kappa shape index (κ1) is 14.5. The van der Waals surface area contributed by atoms with E-state index >= 15 is 0 Å². The van der Waals surface area contributed by atoms with Crippen LogP contribution >= 0.6 is 0 Å². The topological polar surface area (TPSA) is 9.23 Å².